The van der Waals surface area contributed by atoms with E-state index in [1.165, 1.54) is 12.3 Å². The third kappa shape index (κ3) is 1.34. The molecule has 58 valence electrons. The van der Waals surface area contributed by atoms with Crippen LogP contribution in [0.5, 0.6) is 0 Å². The van der Waals surface area contributed by atoms with E-state index in [9.17, 15) is 4.79 Å². The molecule has 0 amide bonds. The molecule has 1 rings (SSSR count). The standard InChI is InChI=1S/C5H6N4O2/c6-5(7)9-2-1-3(8-9)4(10)11/h1-2H,(H3,6,7)(H,10,11). The van der Waals surface area contributed by atoms with Gasteiger partial charge in [0, 0.05) is 6.20 Å². The van der Waals surface area contributed by atoms with Crippen molar-refractivity contribution in [1.82, 2.24) is 9.78 Å². The predicted molar refractivity (Wildman–Crippen MR) is 36.5 cm³/mol. The van der Waals surface area contributed by atoms with Gasteiger partial charge >= 0.3 is 5.97 Å². The van der Waals surface area contributed by atoms with Gasteiger partial charge in [0.2, 0.25) is 5.96 Å². The second-order valence-corrected chi connectivity index (χ2v) is 1.84. The number of nitrogens with two attached hydrogens (primary N) is 1. The minimum atomic E-state index is -1.13. The second-order valence-electron chi connectivity index (χ2n) is 1.84. The maximum Gasteiger partial charge on any atom is 0.356 e. The van der Waals surface area contributed by atoms with Crippen LogP contribution < -0.4 is 5.73 Å². The summed E-state index contributed by atoms with van der Waals surface area (Å²) in [7, 11) is 0. The summed E-state index contributed by atoms with van der Waals surface area (Å²) in [5.74, 6) is -1.44. The van der Waals surface area contributed by atoms with Crippen LogP contribution in [0.2, 0.25) is 0 Å². The molecular weight excluding hydrogens is 148 g/mol. The Morgan fingerprint density at radius 3 is 2.73 bits per heavy atom. The first kappa shape index (κ1) is 7.26. The van der Waals surface area contributed by atoms with Crippen LogP contribution in [0.3, 0.4) is 0 Å². The number of nitrogen functional groups attached to an aromatic ring is 1. The van der Waals surface area contributed by atoms with Crippen LogP contribution in [0.1, 0.15) is 10.5 Å². The molecule has 0 bridgehead atoms. The van der Waals surface area contributed by atoms with Crippen LogP contribution in [0, 0.1) is 5.41 Å². The van der Waals surface area contributed by atoms with Crippen LogP contribution in [-0.2, 0) is 0 Å². The van der Waals surface area contributed by atoms with E-state index < -0.39 is 5.97 Å². The van der Waals surface area contributed by atoms with Crippen LogP contribution in [0.4, 0.5) is 0 Å². The summed E-state index contributed by atoms with van der Waals surface area (Å²) in [6.07, 6.45) is 1.31. The number of aromatic nitrogens is 2. The van der Waals surface area contributed by atoms with Crippen molar-refractivity contribution in [1.29, 1.82) is 5.41 Å². The molecule has 0 atom stereocenters. The Hall–Kier alpha value is -1.85. The molecule has 0 aliphatic rings. The van der Waals surface area contributed by atoms with Gasteiger partial charge in [-0.3, -0.25) is 5.41 Å². The normalized spacial score (nSPS) is 9.45. The molecule has 6 nitrogen and oxygen atoms in total. The van der Waals surface area contributed by atoms with Gasteiger partial charge in [0.25, 0.3) is 0 Å². The number of hydrogen-bond acceptors (Lipinski definition) is 3. The number of carboxylic acids is 1. The van der Waals surface area contributed by atoms with Crippen molar-refractivity contribution >= 4 is 11.9 Å². The molecule has 0 aromatic carbocycles. The topological polar surface area (TPSA) is 105 Å². The lowest BCUT2D eigenvalue weighted by Gasteiger charge is -1.92. The zero-order valence-electron chi connectivity index (χ0n) is 5.48. The number of carbonyl (C=O) groups is 1. The first-order valence-electron chi connectivity index (χ1n) is 2.74. The lowest BCUT2D eigenvalue weighted by molar-refractivity contribution is 0.0690. The van der Waals surface area contributed by atoms with Gasteiger partial charge in [-0.2, -0.15) is 5.10 Å². The van der Waals surface area contributed by atoms with Gasteiger partial charge in [-0.15, -0.1) is 0 Å². The summed E-state index contributed by atoms with van der Waals surface area (Å²) >= 11 is 0. The molecule has 0 aliphatic heterocycles. The van der Waals surface area contributed by atoms with Crippen molar-refractivity contribution in [3.05, 3.63) is 18.0 Å². The highest BCUT2D eigenvalue weighted by atomic mass is 16.4. The van der Waals surface area contributed by atoms with E-state index >= 15 is 0 Å². The highest BCUT2D eigenvalue weighted by molar-refractivity contribution is 5.86. The molecule has 1 aromatic rings. The third-order valence-electron chi connectivity index (χ3n) is 1.06. The summed E-state index contributed by atoms with van der Waals surface area (Å²) in [6, 6.07) is 1.27. The maximum atomic E-state index is 10.2. The summed E-state index contributed by atoms with van der Waals surface area (Å²) in [5.41, 5.74) is 4.89. The molecule has 0 saturated carbocycles. The van der Waals surface area contributed by atoms with Crippen molar-refractivity contribution in [2.75, 3.05) is 0 Å². The number of rotatable bonds is 1. The minimum absolute atomic E-state index is 0.125. The fourth-order valence-electron chi connectivity index (χ4n) is 0.572. The Morgan fingerprint density at radius 1 is 1.82 bits per heavy atom. The van der Waals surface area contributed by atoms with Crippen molar-refractivity contribution in [2.24, 2.45) is 5.73 Å². The fourth-order valence-corrected chi connectivity index (χ4v) is 0.572. The van der Waals surface area contributed by atoms with E-state index in [0.29, 0.717) is 0 Å². The first-order valence-corrected chi connectivity index (χ1v) is 2.74. The Morgan fingerprint density at radius 2 is 2.45 bits per heavy atom. The number of hydrogen-bond donors (Lipinski definition) is 3. The van der Waals surface area contributed by atoms with Crippen molar-refractivity contribution < 1.29 is 9.90 Å². The molecule has 0 spiro atoms. The van der Waals surface area contributed by atoms with Crippen molar-refractivity contribution in [2.45, 2.75) is 0 Å². The molecule has 1 aromatic heterocycles. The molecule has 4 N–H and O–H groups in total. The Kier molecular flexibility index (Phi) is 1.59. The SMILES string of the molecule is N=C(N)n1ccc(C(=O)O)n1. The van der Waals surface area contributed by atoms with Gasteiger partial charge in [0.05, 0.1) is 0 Å². The average molecular weight is 154 g/mol. The van der Waals surface area contributed by atoms with E-state index in [4.69, 9.17) is 16.2 Å². The number of carboxylic acid groups (broad SMARTS) is 1. The van der Waals surface area contributed by atoms with E-state index in [0.717, 1.165) is 4.68 Å². The zero-order chi connectivity index (χ0) is 8.43. The molecule has 6 heteroatoms. The summed E-state index contributed by atoms with van der Waals surface area (Å²) in [5, 5.41) is 18.7. The van der Waals surface area contributed by atoms with Crippen molar-refractivity contribution in [3.8, 4) is 0 Å². The predicted octanol–water partition coefficient (Wildman–Crippen LogP) is -0.677. The maximum absolute atomic E-state index is 10.2. The van der Waals surface area contributed by atoms with Gasteiger partial charge in [0.1, 0.15) is 0 Å². The smallest absolute Gasteiger partial charge is 0.356 e. The molecule has 0 fully saturated rings. The zero-order valence-corrected chi connectivity index (χ0v) is 5.48. The molecule has 0 saturated heterocycles. The Labute approximate surface area is 61.7 Å². The first-order chi connectivity index (χ1) is 5.11. The average Bonchev–Trinajstić information content (AvgIpc) is 2.33. The summed E-state index contributed by atoms with van der Waals surface area (Å²) < 4.78 is 0.976. The second kappa shape index (κ2) is 2.41. The highest BCUT2D eigenvalue weighted by Gasteiger charge is 2.06. The Balaban J connectivity index is 2.99. The van der Waals surface area contributed by atoms with E-state index in [1.807, 2.05) is 0 Å². The molecular formula is C5H6N4O2. The van der Waals surface area contributed by atoms with Gasteiger partial charge in [-0.1, -0.05) is 0 Å². The van der Waals surface area contributed by atoms with Crippen LogP contribution in [0.25, 0.3) is 0 Å². The van der Waals surface area contributed by atoms with E-state index in [-0.39, 0.29) is 11.7 Å². The lowest BCUT2D eigenvalue weighted by Crippen LogP contribution is -2.21. The van der Waals surface area contributed by atoms with Gasteiger partial charge in [0.15, 0.2) is 5.69 Å². The van der Waals surface area contributed by atoms with Gasteiger partial charge in [-0.25, -0.2) is 9.48 Å². The number of nitrogens with zero attached hydrogens (tertiary/aromatic N) is 2. The monoisotopic (exact) mass is 154 g/mol. The van der Waals surface area contributed by atoms with Crippen LogP contribution in [0.15, 0.2) is 12.3 Å². The van der Waals surface area contributed by atoms with Crippen LogP contribution in [-0.4, -0.2) is 26.8 Å². The number of aromatic carboxylic acids is 1. The highest BCUT2D eigenvalue weighted by Crippen LogP contribution is 1.93. The molecule has 1 heterocycles. The molecule has 0 aliphatic carbocycles. The summed E-state index contributed by atoms with van der Waals surface area (Å²) in [6.45, 7) is 0. The van der Waals surface area contributed by atoms with Crippen molar-refractivity contribution in [3.63, 3.8) is 0 Å². The van der Waals surface area contributed by atoms with E-state index in [1.54, 1.807) is 0 Å². The van der Waals surface area contributed by atoms with E-state index in [2.05, 4.69) is 5.10 Å². The summed E-state index contributed by atoms with van der Waals surface area (Å²) in [4.78, 5) is 10.2. The van der Waals surface area contributed by atoms with Gasteiger partial charge in [-0.05, 0) is 6.07 Å². The Bertz CT molecular complexity index is 275. The molecule has 0 unspecified atom stereocenters. The fraction of sp³-hybridized carbons (Fsp3) is 0. The molecule has 0 radical (unpaired) electrons. The molecule has 11 heavy (non-hydrogen) atoms. The minimum Gasteiger partial charge on any atom is -0.476 e. The number of nitrogens with one attached hydrogen (secondary N) is 1. The van der Waals surface area contributed by atoms with Gasteiger partial charge < -0.3 is 10.8 Å². The van der Waals surface area contributed by atoms with Crippen LogP contribution >= 0.6 is 0 Å². The lowest BCUT2D eigenvalue weighted by atomic mass is 10.5. The quantitative estimate of drug-likeness (QED) is 0.368. The third-order valence-corrected chi connectivity index (χ3v) is 1.06. The largest absolute Gasteiger partial charge is 0.476 e.